The van der Waals surface area contributed by atoms with E-state index in [1.807, 2.05) is 0 Å². The van der Waals surface area contributed by atoms with E-state index in [0.717, 1.165) is 6.07 Å². The molecule has 0 fully saturated rings. The van der Waals surface area contributed by atoms with Crippen LogP contribution in [0.3, 0.4) is 0 Å². The van der Waals surface area contributed by atoms with Crippen molar-refractivity contribution in [2.45, 2.75) is 58.4 Å². The van der Waals surface area contributed by atoms with Crippen molar-refractivity contribution in [3.8, 4) is 11.6 Å². The number of nitrogens with one attached hydrogen (secondary N) is 2. The predicted octanol–water partition coefficient (Wildman–Crippen LogP) is 5.71. The monoisotopic (exact) mass is 600 g/mol. The average Bonchev–Trinajstić information content (AvgIpc) is 2.80. The second kappa shape index (κ2) is 11.6. The Bertz CT molecular complexity index is 1370. The van der Waals surface area contributed by atoms with Crippen LogP contribution in [0.5, 0.6) is 11.6 Å². The molecule has 3 rings (SSSR count). The number of H-pyrrole nitrogens is 1. The number of aromatic nitrogens is 3. The first kappa shape index (κ1) is 29.2. The summed E-state index contributed by atoms with van der Waals surface area (Å²) >= 11 is 3.27. The van der Waals surface area contributed by atoms with Crippen LogP contribution in [-0.4, -0.2) is 40.4 Å². The molecule has 9 nitrogen and oxygen atoms in total. The third-order valence-corrected chi connectivity index (χ3v) is 5.78. The molecule has 13 heteroatoms. The molecule has 2 heterocycles. The van der Waals surface area contributed by atoms with Crippen LogP contribution >= 0.6 is 15.9 Å². The van der Waals surface area contributed by atoms with Gasteiger partial charge in [-0.2, -0.15) is 18.2 Å². The average molecular weight is 601 g/mol. The quantitative estimate of drug-likeness (QED) is 0.318. The third-order valence-electron chi connectivity index (χ3n) is 5.22. The molecule has 2 N–H and O–H groups in total. The summed E-state index contributed by atoms with van der Waals surface area (Å²) < 4.78 is 57.8. The Balaban J connectivity index is 1.77. The maximum atomic E-state index is 13.8. The van der Waals surface area contributed by atoms with Crippen molar-refractivity contribution in [1.82, 2.24) is 20.3 Å². The molecule has 1 amide bonds. The normalized spacial score (nSPS) is 12.8. The highest BCUT2D eigenvalue weighted by molar-refractivity contribution is 9.10. The van der Waals surface area contributed by atoms with Crippen molar-refractivity contribution >= 4 is 33.1 Å². The number of carbonyl (C=O) groups excluding carboxylic acids is 1. The topological polar surface area (TPSA) is 115 Å². The number of aryl methyl sites for hydroxylation is 1. The number of methoxy groups -OCH3 is 1. The maximum absolute atomic E-state index is 13.8. The van der Waals surface area contributed by atoms with Gasteiger partial charge in [-0.05, 0) is 62.2 Å². The highest BCUT2D eigenvalue weighted by Gasteiger charge is 2.36. The van der Waals surface area contributed by atoms with Crippen molar-refractivity contribution in [3.05, 3.63) is 56.0 Å². The zero-order valence-corrected chi connectivity index (χ0v) is 23.0. The van der Waals surface area contributed by atoms with Gasteiger partial charge in [0.1, 0.15) is 17.2 Å². The Morgan fingerprint density at radius 1 is 1.21 bits per heavy atom. The summed E-state index contributed by atoms with van der Waals surface area (Å²) in [5, 5.41) is 2.80. The lowest BCUT2D eigenvalue weighted by atomic mass is 10.0. The summed E-state index contributed by atoms with van der Waals surface area (Å²) in [6, 6.07) is 4.33. The van der Waals surface area contributed by atoms with Gasteiger partial charge in [0.25, 0.3) is 5.56 Å². The van der Waals surface area contributed by atoms with E-state index in [-0.39, 0.29) is 47.7 Å². The number of benzene rings is 1. The summed E-state index contributed by atoms with van der Waals surface area (Å²) in [6.45, 7) is 6.46. The number of alkyl halides is 3. The first-order chi connectivity index (χ1) is 17.7. The van der Waals surface area contributed by atoms with E-state index in [2.05, 4.69) is 36.2 Å². The van der Waals surface area contributed by atoms with Gasteiger partial charge in [0.15, 0.2) is 5.65 Å². The van der Waals surface area contributed by atoms with Gasteiger partial charge in [-0.15, -0.1) is 0 Å². The molecular formula is C25H28BrF3N4O5. The lowest BCUT2D eigenvalue weighted by Gasteiger charge is -2.24. The molecule has 0 aliphatic heterocycles. The number of para-hydroxylation sites is 1. The molecule has 0 bridgehead atoms. The first-order valence-corrected chi connectivity index (χ1v) is 12.4. The molecule has 38 heavy (non-hydrogen) atoms. The second-order valence-corrected chi connectivity index (χ2v) is 10.3. The minimum atomic E-state index is -4.68. The SMILES string of the molecule is COc1nc2nc(CCCOc3c([C@@H](C)NC(=O)OC(C)(C)C)cccc3C(F)(F)F)[nH]c(=O)c2cc1Br. The summed E-state index contributed by atoms with van der Waals surface area (Å²) in [4.78, 5) is 35.8. The number of pyridine rings is 1. The predicted molar refractivity (Wildman–Crippen MR) is 137 cm³/mol. The largest absolute Gasteiger partial charge is 0.493 e. The summed E-state index contributed by atoms with van der Waals surface area (Å²) in [7, 11) is 1.43. The van der Waals surface area contributed by atoms with Gasteiger partial charge >= 0.3 is 12.3 Å². The Morgan fingerprint density at radius 2 is 1.92 bits per heavy atom. The van der Waals surface area contributed by atoms with Crippen molar-refractivity contribution in [1.29, 1.82) is 0 Å². The van der Waals surface area contributed by atoms with Gasteiger partial charge in [0.05, 0.1) is 35.2 Å². The first-order valence-electron chi connectivity index (χ1n) is 11.7. The fraction of sp³-hybridized carbons (Fsp3) is 0.440. The van der Waals surface area contributed by atoms with Crippen LogP contribution in [-0.2, 0) is 17.3 Å². The van der Waals surface area contributed by atoms with Gasteiger partial charge in [0, 0.05) is 12.0 Å². The van der Waals surface area contributed by atoms with Gasteiger partial charge in [-0.1, -0.05) is 12.1 Å². The molecule has 1 aromatic carbocycles. The van der Waals surface area contributed by atoms with Gasteiger partial charge < -0.3 is 24.5 Å². The number of carbonyl (C=O) groups is 1. The van der Waals surface area contributed by atoms with E-state index in [4.69, 9.17) is 14.2 Å². The Kier molecular flexibility index (Phi) is 8.90. The standard InChI is InChI=1S/C25H28BrF3N4O5/c1-13(30-23(35)38-24(2,3)4)14-8-6-9-16(25(27,28)29)19(14)37-11-7-10-18-31-20-15(21(34)32-18)12-17(26)22(33-20)36-5/h6,8-9,12-13H,7,10-11H2,1-5H3,(H,30,35)(H,31,32,33,34)/t13-/m1/s1. The van der Waals surface area contributed by atoms with Crippen LogP contribution in [0.4, 0.5) is 18.0 Å². The molecule has 0 spiro atoms. The van der Waals surface area contributed by atoms with E-state index >= 15 is 0 Å². The van der Waals surface area contributed by atoms with Crippen LogP contribution in [0.2, 0.25) is 0 Å². The van der Waals surface area contributed by atoms with E-state index in [1.165, 1.54) is 26.2 Å². The third kappa shape index (κ3) is 7.36. The number of amides is 1. The van der Waals surface area contributed by atoms with E-state index in [9.17, 15) is 22.8 Å². The Morgan fingerprint density at radius 3 is 2.55 bits per heavy atom. The lowest BCUT2D eigenvalue weighted by molar-refractivity contribution is -0.139. The molecule has 2 aromatic heterocycles. The number of alkyl carbamates (subject to hydrolysis) is 1. The van der Waals surface area contributed by atoms with E-state index in [0.29, 0.717) is 10.3 Å². The zero-order chi connectivity index (χ0) is 28.3. The van der Waals surface area contributed by atoms with Gasteiger partial charge in [0.2, 0.25) is 5.88 Å². The molecule has 0 aliphatic rings. The Hall–Kier alpha value is -3.35. The second-order valence-electron chi connectivity index (χ2n) is 9.40. The highest BCUT2D eigenvalue weighted by Crippen LogP contribution is 2.40. The Labute approximate surface area is 225 Å². The van der Waals surface area contributed by atoms with Crippen molar-refractivity contribution in [2.24, 2.45) is 0 Å². The maximum Gasteiger partial charge on any atom is 0.419 e. The summed E-state index contributed by atoms with van der Waals surface area (Å²) in [5.41, 5.74) is -1.83. The van der Waals surface area contributed by atoms with Crippen LogP contribution in [0.25, 0.3) is 11.0 Å². The van der Waals surface area contributed by atoms with Crippen molar-refractivity contribution < 1.29 is 32.2 Å². The van der Waals surface area contributed by atoms with Crippen LogP contribution in [0, 0.1) is 0 Å². The molecule has 0 saturated carbocycles. The van der Waals surface area contributed by atoms with Crippen LogP contribution < -0.4 is 20.3 Å². The fourth-order valence-corrected chi connectivity index (χ4v) is 4.07. The van der Waals surface area contributed by atoms with E-state index in [1.54, 1.807) is 26.8 Å². The molecule has 0 radical (unpaired) electrons. The fourth-order valence-electron chi connectivity index (χ4n) is 3.59. The van der Waals surface area contributed by atoms with Crippen LogP contribution in [0.1, 0.15) is 57.1 Å². The highest BCUT2D eigenvalue weighted by atomic mass is 79.9. The van der Waals surface area contributed by atoms with Crippen molar-refractivity contribution in [3.63, 3.8) is 0 Å². The minimum absolute atomic E-state index is 0.113. The zero-order valence-electron chi connectivity index (χ0n) is 21.5. The van der Waals surface area contributed by atoms with Gasteiger partial charge in [-0.3, -0.25) is 4.79 Å². The molecule has 0 unspecified atom stereocenters. The van der Waals surface area contributed by atoms with Gasteiger partial charge in [-0.25, -0.2) is 9.78 Å². The number of halogens is 4. The number of fused-ring (bicyclic) bond motifs is 1. The lowest BCUT2D eigenvalue weighted by Crippen LogP contribution is -2.34. The van der Waals surface area contributed by atoms with E-state index < -0.39 is 35.0 Å². The number of hydrogen-bond donors (Lipinski definition) is 2. The molecule has 0 aliphatic carbocycles. The summed E-state index contributed by atoms with van der Waals surface area (Å²) in [6.07, 6.45) is -5.00. The molecular weight excluding hydrogens is 573 g/mol. The number of nitrogens with zero attached hydrogens (tertiary/aromatic N) is 2. The van der Waals surface area contributed by atoms with Crippen molar-refractivity contribution in [2.75, 3.05) is 13.7 Å². The number of ether oxygens (including phenoxy) is 3. The smallest absolute Gasteiger partial charge is 0.419 e. The van der Waals surface area contributed by atoms with Crippen LogP contribution in [0.15, 0.2) is 33.5 Å². The number of hydrogen-bond acceptors (Lipinski definition) is 7. The molecule has 206 valence electrons. The number of aromatic amines is 1. The number of rotatable bonds is 8. The molecule has 0 saturated heterocycles. The molecule has 3 aromatic rings. The minimum Gasteiger partial charge on any atom is -0.493 e. The molecule has 1 atom stereocenters. The summed E-state index contributed by atoms with van der Waals surface area (Å²) in [5.74, 6) is 0.169.